The zero-order valence-electron chi connectivity index (χ0n) is 62.3. The SMILES string of the molecule is CC1CCC(C(=O)N(c2cc(C3=CCCCC3)sc2C(=O)O)C2CCN(c3ncccn3)CC2)CC1.COC(=O)c1sc(C2=CCCCC2)cc1N(C(=O)C1CCC(C)CC1)C1CCCCC1.COC(=O)c1sc(C2=CCCCC2)cc1N(C(=O)C1CCC(C)CC1)C1CCN(c2ncccn2)CC1. The Morgan fingerprint density at radius 1 is 0.404 bits per heavy atom. The van der Waals surface area contributed by atoms with Gasteiger partial charge in [-0.15, -0.1) is 34.0 Å². The van der Waals surface area contributed by atoms with Gasteiger partial charge < -0.3 is 39.1 Å². The van der Waals surface area contributed by atoms with E-state index in [0.717, 1.165) is 238 Å². The summed E-state index contributed by atoms with van der Waals surface area (Å²) < 4.78 is 10.4. The van der Waals surface area contributed by atoms with Crippen LogP contribution in [0.2, 0.25) is 0 Å². The van der Waals surface area contributed by atoms with E-state index in [4.69, 9.17) is 9.47 Å². The third-order valence-electron chi connectivity index (χ3n) is 23.8. The lowest BCUT2D eigenvalue weighted by Gasteiger charge is -2.40. The molecule has 1 N–H and O–H groups in total. The van der Waals surface area contributed by atoms with Crippen molar-refractivity contribution in [3.8, 4) is 0 Å². The molecule has 5 aromatic heterocycles. The topological polar surface area (TPSA) is 209 Å². The maximum Gasteiger partial charge on any atom is 0.350 e. The summed E-state index contributed by atoms with van der Waals surface area (Å²) in [6, 6.07) is 10.1. The molecule has 3 amide bonds. The predicted molar refractivity (Wildman–Crippen MR) is 419 cm³/mol. The van der Waals surface area contributed by atoms with E-state index in [-0.39, 0.29) is 65.5 Å². The molecule has 104 heavy (non-hydrogen) atoms. The van der Waals surface area contributed by atoms with E-state index >= 15 is 0 Å². The summed E-state index contributed by atoms with van der Waals surface area (Å²) in [6.45, 7) is 9.85. The van der Waals surface area contributed by atoms with Crippen LogP contribution in [0.15, 0.2) is 73.3 Å². The van der Waals surface area contributed by atoms with Gasteiger partial charge in [-0.2, -0.15) is 0 Å². The number of allylic oxidation sites excluding steroid dienone is 6. The van der Waals surface area contributed by atoms with Gasteiger partial charge in [-0.3, -0.25) is 14.4 Å². The number of carbonyl (C=O) groups excluding carboxylic acids is 5. The fourth-order valence-corrected chi connectivity index (χ4v) is 20.8. The minimum atomic E-state index is -0.942. The van der Waals surface area contributed by atoms with Crippen molar-refractivity contribution >= 4 is 115 Å². The minimum absolute atomic E-state index is 0.00873. The van der Waals surface area contributed by atoms with Crippen molar-refractivity contribution in [2.75, 3.05) is 64.9 Å². The van der Waals surface area contributed by atoms with Gasteiger partial charge in [0.1, 0.15) is 14.6 Å². The van der Waals surface area contributed by atoms with Gasteiger partial charge in [-0.25, -0.2) is 34.3 Å². The van der Waals surface area contributed by atoms with E-state index in [0.29, 0.717) is 44.0 Å². The number of anilines is 5. The van der Waals surface area contributed by atoms with Gasteiger partial charge in [-0.1, -0.05) is 58.3 Å². The van der Waals surface area contributed by atoms with Crippen LogP contribution in [0.1, 0.15) is 276 Å². The fraction of sp³-hybridized carbons (Fsp3) is 0.614. The molecule has 0 bridgehead atoms. The van der Waals surface area contributed by atoms with E-state index in [9.17, 15) is 33.9 Å². The Labute approximate surface area is 628 Å². The number of carbonyl (C=O) groups is 6. The second kappa shape index (κ2) is 36.9. The quantitative estimate of drug-likeness (QED) is 0.0859. The molecular formula is C83H111N9O9S3. The first kappa shape index (κ1) is 76.5. The molecule has 0 unspecified atom stereocenters. The maximum absolute atomic E-state index is 14.2. The van der Waals surface area contributed by atoms with Crippen molar-refractivity contribution in [3.05, 3.63) is 103 Å². The molecule has 560 valence electrons. The van der Waals surface area contributed by atoms with Crippen molar-refractivity contribution in [2.45, 2.75) is 251 Å². The van der Waals surface area contributed by atoms with Crippen LogP contribution in [-0.2, 0) is 23.9 Å². The Balaban J connectivity index is 0.000000147. The summed E-state index contributed by atoms with van der Waals surface area (Å²) in [6.07, 6.45) is 48.1. The average Bonchev–Trinajstić information content (AvgIpc) is 1.47. The van der Waals surface area contributed by atoms with Gasteiger partial charge in [0, 0.05) is 101 Å². The number of piperidine rings is 2. The van der Waals surface area contributed by atoms with E-state index in [2.05, 4.69) is 85.8 Å². The van der Waals surface area contributed by atoms with Gasteiger partial charge in [0.2, 0.25) is 29.6 Å². The standard InChI is InChI=1S/C29H38N4O3S.C28H36N4O3S.C26H37NO3S/c1-20-9-11-22(12-10-20)27(34)33(23-13-17-32(18-14-23)29-30-15-6-16-31-29)24-19-25(21-7-4-3-5-8-21)37-26(24)28(35)36-2;1-19-8-10-21(11-9-19)26(33)32(22-12-16-31(17-13-22)28-29-14-5-15-30-28)23-18-24(36-25(23)27(34)35)20-6-3-2-4-7-20;1-18-13-15-20(16-14-18)25(28)27(21-11-7-4-8-12-21)22-17-23(19-9-5-3-6-10-19)31-24(22)26(29)30-2/h6-7,15-16,19-20,22-23H,3-5,8-14,17-18H2,1-2H3;5-6,14-15,18-19,21-22H,2-4,7-13,16-17H2,1H3,(H,34,35);9,17-18,20-21H,3-8,10-16H2,1-2H3. The summed E-state index contributed by atoms with van der Waals surface area (Å²) in [7, 11) is 2.87. The Hall–Kier alpha value is -7.10. The molecule has 5 aromatic rings. The molecule has 18 nitrogen and oxygen atoms in total. The van der Waals surface area contributed by atoms with Crippen LogP contribution in [0.5, 0.6) is 0 Å². The molecule has 2 aliphatic heterocycles. The number of nitrogens with zero attached hydrogens (tertiary/aromatic N) is 9. The monoisotopic (exact) mass is 1470 g/mol. The number of aromatic carboxylic acids is 1. The number of thiophene rings is 3. The third-order valence-corrected chi connectivity index (χ3v) is 27.3. The number of rotatable bonds is 17. The Kier molecular flexibility index (Phi) is 27.2. The largest absolute Gasteiger partial charge is 0.477 e. The lowest BCUT2D eigenvalue weighted by atomic mass is 9.81. The Morgan fingerprint density at radius 2 is 0.712 bits per heavy atom. The molecule has 2 saturated heterocycles. The van der Waals surface area contributed by atoms with Crippen molar-refractivity contribution in [2.24, 2.45) is 35.5 Å². The van der Waals surface area contributed by atoms with Gasteiger partial charge in [0.15, 0.2) is 0 Å². The summed E-state index contributed by atoms with van der Waals surface area (Å²) in [4.78, 5) is 113. The molecule has 14 rings (SSSR count). The highest BCUT2D eigenvalue weighted by molar-refractivity contribution is 7.16. The summed E-state index contributed by atoms with van der Waals surface area (Å²) in [5.41, 5.74) is 6.02. The molecule has 4 saturated carbocycles. The maximum atomic E-state index is 14.2. The minimum Gasteiger partial charge on any atom is -0.477 e. The number of amides is 3. The summed E-state index contributed by atoms with van der Waals surface area (Å²) in [5, 5.41) is 10.2. The number of aromatic nitrogens is 4. The predicted octanol–water partition coefficient (Wildman–Crippen LogP) is 19.1. The fourth-order valence-electron chi connectivity index (χ4n) is 17.5. The third kappa shape index (κ3) is 18.8. The van der Waals surface area contributed by atoms with Crippen LogP contribution in [0.25, 0.3) is 16.7 Å². The highest BCUT2D eigenvalue weighted by Crippen LogP contribution is 2.47. The normalized spacial score (nSPS) is 23.6. The van der Waals surface area contributed by atoms with Crippen LogP contribution < -0.4 is 24.5 Å². The number of esters is 2. The highest BCUT2D eigenvalue weighted by Gasteiger charge is 2.42. The number of carboxylic acid groups (broad SMARTS) is 1. The summed E-state index contributed by atoms with van der Waals surface area (Å²) in [5.74, 6) is 2.46. The van der Waals surface area contributed by atoms with Gasteiger partial charge in [0.05, 0.1) is 31.3 Å². The lowest BCUT2D eigenvalue weighted by Crippen LogP contribution is -2.50. The Morgan fingerprint density at radius 3 is 1.01 bits per heavy atom. The van der Waals surface area contributed by atoms with Crippen molar-refractivity contribution in [1.82, 2.24) is 19.9 Å². The van der Waals surface area contributed by atoms with Gasteiger partial charge in [0.25, 0.3) is 0 Å². The second-order valence-corrected chi connectivity index (χ2v) is 34.2. The van der Waals surface area contributed by atoms with Crippen LogP contribution in [0.3, 0.4) is 0 Å². The Bertz CT molecular complexity index is 3800. The van der Waals surface area contributed by atoms with Crippen LogP contribution in [0.4, 0.5) is 29.0 Å². The van der Waals surface area contributed by atoms with Crippen molar-refractivity contribution < 1.29 is 43.3 Å². The smallest absolute Gasteiger partial charge is 0.350 e. The zero-order chi connectivity index (χ0) is 72.6. The van der Waals surface area contributed by atoms with Crippen molar-refractivity contribution in [1.29, 1.82) is 0 Å². The zero-order valence-corrected chi connectivity index (χ0v) is 64.7. The van der Waals surface area contributed by atoms with Crippen LogP contribution >= 0.6 is 34.0 Å². The van der Waals surface area contributed by atoms with Crippen molar-refractivity contribution in [3.63, 3.8) is 0 Å². The second-order valence-electron chi connectivity index (χ2n) is 31.0. The molecule has 9 aliphatic rings. The molecule has 6 fully saturated rings. The molecule has 0 aromatic carbocycles. The molecule has 0 radical (unpaired) electrons. The number of methoxy groups -OCH3 is 2. The van der Waals surface area contributed by atoms with E-state index in [1.165, 1.54) is 97.1 Å². The number of hydrogen-bond donors (Lipinski definition) is 1. The molecule has 21 heteroatoms. The van der Waals surface area contributed by atoms with Gasteiger partial charge >= 0.3 is 17.9 Å². The first-order chi connectivity index (χ1) is 50.6. The van der Waals surface area contributed by atoms with E-state index in [1.54, 1.807) is 24.8 Å². The molecule has 7 aliphatic carbocycles. The van der Waals surface area contributed by atoms with Crippen LogP contribution in [-0.4, -0.2) is 119 Å². The molecule has 0 atom stereocenters. The van der Waals surface area contributed by atoms with Gasteiger partial charge in [-0.05, 0) is 257 Å². The van der Waals surface area contributed by atoms with E-state index < -0.39 is 5.97 Å². The number of ether oxygens (including phenoxy) is 2. The molecule has 0 spiro atoms. The first-order valence-corrected chi connectivity index (χ1v) is 42.0. The first-order valence-electron chi connectivity index (χ1n) is 39.6. The number of hydrogen-bond acceptors (Lipinski definition) is 17. The number of carboxylic acids is 1. The average molecular weight is 1480 g/mol. The van der Waals surface area contributed by atoms with E-state index in [1.807, 2.05) is 28.0 Å². The molecular weight excluding hydrogens is 1360 g/mol. The lowest BCUT2D eigenvalue weighted by molar-refractivity contribution is -0.125. The van der Waals surface area contributed by atoms with Crippen LogP contribution in [0, 0.1) is 35.5 Å². The molecule has 7 heterocycles. The highest BCUT2D eigenvalue weighted by atomic mass is 32.1. The summed E-state index contributed by atoms with van der Waals surface area (Å²) >= 11 is 4.34.